The Morgan fingerprint density at radius 2 is 2.22 bits per heavy atom. The van der Waals surface area contributed by atoms with E-state index in [0.29, 0.717) is 12.1 Å². The molecule has 1 aromatic heterocycles. The lowest BCUT2D eigenvalue weighted by molar-refractivity contribution is -0.173. The van der Waals surface area contributed by atoms with E-state index in [2.05, 4.69) is 14.7 Å². The zero-order chi connectivity index (χ0) is 17.2. The summed E-state index contributed by atoms with van der Waals surface area (Å²) in [5.74, 6) is -6.61. The average Bonchev–Trinajstić information content (AvgIpc) is 2.93. The molecule has 1 aliphatic rings. The van der Waals surface area contributed by atoms with Crippen LogP contribution in [0.15, 0.2) is 6.33 Å². The Balaban J connectivity index is 2.01. The molecule has 0 fully saturated rings. The van der Waals surface area contributed by atoms with Crippen molar-refractivity contribution >= 4 is 11.9 Å². The van der Waals surface area contributed by atoms with Gasteiger partial charge >= 0.3 is 18.3 Å². The number of carboxylic acid groups (broad SMARTS) is 1. The van der Waals surface area contributed by atoms with Crippen LogP contribution in [0.25, 0.3) is 0 Å². The van der Waals surface area contributed by atoms with E-state index in [1.54, 1.807) is 0 Å². The Hall–Kier alpha value is -2.17. The quantitative estimate of drug-likeness (QED) is 0.749. The maximum atomic E-state index is 12.7. The fourth-order valence-electron chi connectivity index (χ4n) is 2.22. The summed E-state index contributed by atoms with van der Waals surface area (Å²) < 4.78 is 53.7. The van der Waals surface area contributed by atoms with Crippen molar-refractivity contribution in [2.45, 2.75) is 24.8 Å². The average molecular weight is 339 g/mol. The van der Waals surface area contributed by atoms with E-state index in [1.165, 1.54) is 6.33 Å². The van der Waals surface area contributed by atoms with Crippen molar-refractivity contribution in [2.75, 3.05) is 19.8 Å². The van der Waals surface area contributed by atoms with Gasteiger partial charge in [0.1, 0.15) is 13.2 Å². The molecule has 1 atom stereocenters. The highest BCUT2D eigenvalue weighted by Crippen LogP contribution is 2.28. The molecule has 0 saturated carbocycles. The first-order valence-electron chi connectivity index (χ1n) is 6.52. The summed E-state index contributed by atoms with van der Waals surface area (Å²) in [5.41, 5.74) is 0.710. The maximum Gasteiger partial charge on any atom is 0.332 e. The number of H-pyrrole nitrogens is 1. The molecule has 0 bridgehead atoms. The molecular formula is C12H13F4N3O4. The highest BCUT2D eigenvalue weighted by molar-refractivity contribution is 5.85. The Bertz CT molecular complexity index is 593. The van der Waals surface area contributed by atoms with Crippen molar-refractivity contribution in [3.63, 3.8) is 0 Å². The van der Waals surface area contributed by atoms with Crippen LogP contribution in [0.1, 0.15) is 17.4 Å². The fraction of sp³-hybridized carbons (Fsp3) is 0.583. The molecule has 0 aromatic carbocycles. The third-order valence-corrected chi connectivity index (χ3v) is 3.32. The molecule has 1 aliphatic heterocycles. The Kier molecular flexibility index (Phi) is 4.88. The zero-order valence-electron chi connectivity index (χ0n) is 11.6. The van der Waals surface area contributed by atoms with Crippen LogP contribution in [-0.2, 0) is 20.7 Å². The number of halogens is 4. The third-order valence-electron chi connectivity index (χ3n) is 3.32. The van der Waals surface area contributed by atoms with Crippen molar-refractivity contribution in [3.05, 3.63) is 17.7 Å². The molecule has 7 nitrogen and oxygen atoms in total. The largest absolute Gasteiger partial charge is 0.479 e. The van der Waals surface area contributed by atoms with Crippen LogP contribution in [0.4, 0.5) is 17.6 Å². The number of amides is 1. The van der Waals surface area contributed by atoms with Crippen molar-refractivity contribution in [1.29, 1.82) is 0 Å². The number of ether oxygens (including phenoxy) is 1. The zero-order valence-corrected chi connectivity index (χ0v) is 11.6. The number of carbonyl (C=O) groups excluding carboxylic acids is 1. The molecule has 0 unspecified atom stereocenters. The van der Waals surface area contributed by atoms with E-state index in [1.807, 2.05) is 0 Å². The first-order valence-corrected chi connectivity index (χ1v) is 6.52. The van der Waals surface area contributed by atoms with Gasteiger partial charge < -0.3 is 19.7 Å². The summed E-state index contributed by atoms with van der Waals surface area (Å²) in [6, 6.07) is -1.38. The number of alkyl halides is 4. The van der Waals surface area contributed by atoms with E-state index in [9.17, 15) is 32.3 Å². The summed E-state index contributed by atoms with van der Waals surface area (Å²) in [6.07, 6.45) is -2.32. The van der Waals surface area contributed by atoms with Gasteiger partial charge in [-0.05, 0) is 0 Å². The lowest BCUT2D eigenvalue weighted by Gasteiger charge is -2.32. The molecule has 0 radical (unpaired) electrons. The number of hydrogen-bond donors (Lipinski definition) is 2. The maximum absolute atomic E-state index is 12.7. The predicted molar refractivity (Wildman–Crippen MR) is 66.2 cm³/mol. The normalized spacial score (nSPS) is 18.1. The number of carboxylic acids is 1. The first-order chi connectivity index (χ1) is 10.7. The van der Waals surface area contributed by atoms with Gasteiger partial charge in [0.2, 0.25) is 5.91 Å². The minimum absolute atomic E-state index is 0.0135. The molecule has 2 N–H and O–H groups in total. The van der Waals surface area contributed by atoms with Crippen LogP contribution in [-0.4, -0.2) is 64.0 Å². The number of aromatic amines is 1. The molecule has 1 amide bonds. The van der Waals surface area contributed by atoms with Crippen LogP contribution in [0, 0.1) is 0 Å². The lowest BCUT2D eigenvalue weighted by atomic mass is 10.0. The number of nitrogens with one attached hydrogen (secondary N) is 1. The van der Waals surface area contributed by atoms with E-state index >= 15 is 0 Å². The number of aliphatic carboxylic acids is 1. The summed E-state index contributed by atoms with van der Waals surface area (Å²) in [6.45, 7) is -2.54. The van der Waals surface area contributed by atoms with E-state index < -0.39 is 43.5 Å². The molecule has 0 spiro atoms. The molecule has 2 heterocycles. The molecule has 0 saturated heterocycles. The minimum atomic E-state index is -4.37. The summed E-state index contributed by atoms with van der Waals surface area (Å²) >= 11 is 0. The summed E-state index contributed by atoms with van der Waals surface area (Å²) in [5, 5.41) is 9.24. The van der Waals surface area contributed by atoms with Gasteiger partial charge in [0.05, 0.1) is 12.0 Å². The molecule has 2 rings (SSSR count). The summed E-state index contributed by atoms with van der Waals surface area (Å²) in [4.78, 5) is 30.8. The second-order valence-corrected chi connectivity index (χ2v) is 4.90. The third kappa shape index (κ3) is 3.60. The van der Waals surface area contributed by atoms with E-state index in [0.717, 1.165) is 4.90 Å². The van der Waals surface area contributed by atoms with Crippen molar-refractivity contribution in [2.24, 2.45) is 0 Å². The van der Waals surface area contributed by atoms with Gasteiger partial charge in [0, 0.05) is 18.7 Å². The smallest absolute Gasteiger partial charge is 0.332 e. The van der Waals surface area contributed by atoms with Gasteiger partial charge in [-0.15, -0.1) is 0 Å². The Morgan fingerprint density at radius 3 is 2.83 bits per heavy atom. The van der Waals surface area contributed by atoms with Gasteiger partial charge in [-0.3, -0.25) is 4.79 Å². The second kappa shape index (κ2) is 6.52. The number of fused-ring (bicyclic) bond motifs is 1. The topological polar surface area (TPSA) is 95.5 Å². The fourth-order valence-corrected chi connectivity index (χ4v) is 2.22. The SMILES string of the molecule is O=C(O)[C@H]1c2nc[nH]c2CCN1C(=O)COCC(F)(F)C(F)F. The molecule has 23 heavy (non-hydrogen) atoms. The highest BCUT2D eigenvalue weighted by Gasteiger charge is 2.42. The first kappa shape index (κ1) is 17.2. The highest BCUT2D eigenvalue weighted by atomic mass is 19.3. The number of aromatic nitrogens is 2. The van der Waals surface area contributed by atoms with Crippen LogP contribution >= 0.6 is 0 Å². The number of rotatable bonds is 6. The van der Waals surface area contributed by atoms with Crippen LogP contribution in [0.5, 0.6) is 0 Å². The van der Waals surface area contributed by atoms with Crippen LogP contribution in [0.2, 0.25) is 0 Å². The monoisotopic (exact) mass is 339 g/mol. The molecule has 0 aliphatic carbocycles. The van der Waals surface area contributed by atoms with Gasteiger partial charge in [0.15, 0.2) is 6.04 Å². The Morgan fingerprint density at radius 1 is 1.52 bits per heavy atom. The summed E-state index contributed by atoms with van der Waals surface area (Å²) in [7, 11) is 0. The number of carbonyl (C=O) groups is 2. The molecule has 11 heteroatoms. The van der Waals surface area contributed by atoms with Gasteiger partial charge in [-0.2, -0.15) is 8.78 Å². The van der Waals surface area contributed by atoms with Crippen LogP contribution < -0.4 is 0 Å². The molecular weight excluding hydrogens is 326 g/mol. The van der Waals surface area contributed by atoms with Crippen LogP contribution in [0.3, 0.4) is 0 Å². The van der Waals surface area contributed by atoms with E-state index in [-0.39, 0.29) is 12.2 Å². The molecule has 128 valence electrons. The van der Waals surface area contributed by atoms with Gasteiger partial charge in [-0.25, -0.2) is 18.6 Å². The van der Waals surface area contributed by atoms with E-state index in [4.69, 9.17) is 0 Å². The second-order valence-electron chi connectivity index (χ2n) is 4.90. The van der Waals surface area contributed by atoms with Crippen molar-refractivity contribution in [1.82, 2.24) is 14.9 Å². The lowest BCUT2D eigenvalue weighted by Crippen LogP contribution is -2.45. The predicted octanol–water partition coefficient (Wildman–Crippen LogP) is 0.837. The number of nitrogens with zero attached hydrogens (tertiary/aromatic N) is 2. The van der Waals surface area contributed by atoms with Gasteiger partial charge in [0.25, 0.3) is 0 Å². The Labute approximate surface area is 127 Å². The van der Waals surface area contributed by atoms with Crippen molar-refractivity contribution < 1.29 is 37.0 Å². The number of imidazole rings is 1. The standard InChI is InChI=1S/C12H13F4N3O4/c13-11(14)12(15,16)4-23-3-7(20)19-2-1-6-8(18-5-17-6)9(19)10(21)22/h5,9,11H,1-4H2,(H,17,18)(H,21,22)/t9-/m1/s1. The molecule has 1 aromatic rings. The van der Waals surface area contributed by atoms with Crippen molar-refractivity contribution in [3.8, 4) is 0 Å². The van der Waals surface area contributed by atoms with Gasteiger partial charge in [-0.1, -0.05) is 0 Å². The number of hydrogen-bond acceptors (Lipinski definition) is 4. The minimum Gasteiger partial charge on any atom is -0.479 e.